The molecule has 126 valence electrons. The molecular weight excluding hydrogens is 394 g/mol. The Morgan fingerprint density at radius 3 is 2.79 bits per heavy atom. The fraction of sp³-hybridized carbons (Fsp3) is 0.188. The monoisotopic (exact) mass is 409 g/mol. The van der Waals surface area contributed by atoms with Crippen LogP contribution in [0.4, 0.5) is 0 Å². The molecule has 1 aromatic carbocycles. The second-order valence-corrected chi connectivity index (χ2v) is 6.33. The number of nitrogens with zero attached hydrogens (tertiary/aromatic N) is 2. The SMILES string of the molecule is COc1cc(OC)c(/C=N\NC(=O)CSc2ccccn2)cc1Br. The zero-order valence-corrected chi connectivity index (χ0v) is 15.6. The van der Waals surface area contributed by atoms with Crippen molar-refractivity contribution in [2.75, 3.05) is 20.0 Å². The van der Waals surface area contributed by atoms with Crippen LogP contribution in [0.25, 0.3) is 0 Å². The number of benzene rings is 1. The summed E-state index contributed by atoms with van der Waals surface area (Å²) in [5, 5.41) is 4.75. The molecule has 0 radical (unpaired) electrons. The normalized spacial score (nSPS) is 10.6. The topological polar surface area (TPSA) is 72.8 Å². The first-order valence-corrected chi connectivity index (χ1v) is 8.69. The molecule has 0 atom stereocenters. The molecular formula is C16H16BrN3O3S. The molecule has 6 nitrogen and oxygen atoms in total. The van der Waals surface area contributed by atoms with Gasteiger partial charge in [0.15, 0.2) is 0 Å². The number of thioether (sulfide) groups is 1. The Hall–Kier alpha value is -2.06. The van der Waals surface area contributed by atoms with Gasteiger partial charge in [0, 0.05) is 17.8 Å². The summed E-state index contributed by atoms with van der Waals surface area (Å²) in [6, 6.07) is 9.09. The molecule has 0 aliphatic rings. The van der Waals surface area contributed by atoms with Gasteiger partial charge in [-0.2, -0.15) is 5.10 Å². The summed E-state index contributed by atoms with van der Waals surface area (Å²) >= 11 is 4.75. The lowest BCUT2D eigenvalue weighted by Crippen LogP contribution is -2.19. The summed E-state index contributed by atoms with van der Waals surface area (Å²) in [6.45, 7) is 0. The number of amides is 1. The van der Waals surface area contributed by atoms with Gasteiger partial charge in [-0.3, -0.25) is 4.79 Å². The number of rotatable bonds is 7. The largest absolute Gasteiger partial charge is 0.496 e. The number of aromatic nitrogens is 1. The minimum absolute atomic E-state index is 0.214. The predicted octanol–water partition coefficient (Wildman–Crippen LogP) is 3.10. The maximum absolute atomic E-state index is 11.8. The van der Waals surface area contributed by atoms with E-state index in [0.717, 1.165) is 9.50 Å². The van der Waals surface area contributed by atoms with Crippen LogP contribution >= 0.6 is 27.7 Å². The molecule has 1 amide bonds. The second-order valence-electron chi connectivity index (χ2n) is 4.48. The third-order valence-electron chi connectivity index (χ3n) is 2.89. The van der Waals surface area contributed by atoms with E-state index >= 15 is 0 Å². The number of hydrogen-bond acceptors (Lipinski definition) is 6. The van der Waals surface area contributed by atoms with Gasteiger partial charge in [0.2, 0.25) is 5.91 Å². The first-order valence-electron chi connectivity index (χ1n) is 6.91. The van der Waals surface area contributed by atoms with E-state index in [2.05, 4.69) is 31.4 Å². The molecule has 0 spiro atoms. The lowest BCUT2D eigenvalue weighted by molar-refractivity contribution is -0.118. The van der Waals surface area contributed by atoms with Gasteiger partial charge in [-0.25, -0.2) is 10.4 Å². The number of nitrogens with one attached hydrogen (secondary N) is 1. The van der Waals surface area contributed by atoms with Crippen molar-refractivity contribution in [3.05, 3.63) is 46.6 Å². The highest BCUT2D eigenvalue weighted by Crippen LogP contribution is 2.31. The number of methoxy groups -OCH3 is 2. The summed E-state index contributed by atoms with van der Waals surface area (Å²) in [6.07, 6.45) is 3.21. The Bertz CT molecular complexity index is 726. The maximum Gasteiger partial charge on any atom is 0.250 e. The summed E-state index contributed by atoms with van der Waals surface area (Å²) in [5.74, 6) is 1.27. The second kappa shape index (κ2) is 9.29. The van der Waals surface area contributed by atoms with Gasteiger partial charge in [-0.1, -0.05) is 17.8 Å². The van der Waals surface area contributed by atoms with Crippen LogP contribution in [-0.4, -0.2) is 37.1 Å². The van der Waals surface area contributed by atoms with Crippen molar-refractivity contribution in [3.63, 3.8) is 0 Å². The Labute approximate surface area is 152 Å². The average Bonchev–Trinajstić information content (AvgIpc) is 2.61. The van der Waals surface area contributed by atoms with Gasteiger partial charge in [0.25, 0.3) is 0 Å². The molecule has 2 rings (SSSR count). The van der Waals surface area contributed by atoms with E-state index in [1.54, 1.807) is 32.5 Å². The van der Waals surface area contributed by atoms with E-state index < -0.39 is 0 Å². The summed E-state index contributed by atoms with van der Waals surface area (Å²) in [4.78, 5) is 15.9. The lowest BCUT2D eigenvalue weighted by atomic mass is 10.2. The Morgan fingerprint density at radius 1 is 1.33 bits per heavy atom. The molecule has 2 aromatic rings. The van der Waals surface area contributed by atoms with E-state index in [9.17, 15) is 4.79 Å². The number of pyridine rings is 1. The molecule has 0 aliphatic heterocycles. The predicted molar refractivity (Wildman–Crippen MR) is 97.9 cm³/mol. The lowest BCUT2D eigenvalue weighted by Gasteiger charge is -2.09. The zero-order chi connectivity index (χ0) is 17.4. The molecule has 1 N–H and O–H groups in total. The smallest absolute Gasteiger partial charge is 0.250 e. The molecule has 8 heteroatoms. The van der Waals surface area contributed by atoms with Crippen LogP contribution in [-0.2, 0) is 4.79 Å². The van der Waals surface area contributed by atoms with Crippen molar-refractivity contribution < 1.29 is 14.3 Å². The Balaban J connectivity index is 1.93. The number of carbonyl (C=O) groups excluding carboxylic acids is 1. The van der Waals surface area contributed by atoms with Gasteiger partial charge < -0.3 is 9.47 Å². The number of ether oxygens (including phenoxy) is 2. The van der Waals surface area contributed by atoms with Crippen LogP contribution in [0.5, 0.6) is 11.5 Å². The summed E-state index contributed by atoms with van der Waals surface area (Å²) in [5.41, 5.74) is 3.19. The molecule has 0 aliphatic carbocycles. The maximum atomic E-state index is 11.8. The Kier molecular flexibility index (Phi) is 7.07. The fourth-order valence-corrected chi connectivity index (χ4v) is 2.94. The van der Waals surface area contributed by atoms with Crippen molar-refractivity contribution in [2.45, 2.75) is 5.03 Å². The third kappa shape index (κ3) is 5.24. The standard InChI is InChI=1S/C16H16BrN3O3S/c1-22-13-8-14(23-2)12(17)7-11(13)9-19-20-15(21)10-24-16-5-3-4-6-18-16/h3-9H,10H2,1-2H3,(H,20,21)/b19-9-. The van der Waals surface area contributed by atoms with Crippen molar-refractivity contribution >= 4 is 39.8 Å². The van der Waals surface area contributed by atoms with E-state index in [1.165, 1.54) is 18.0 Å². The number of halogens is 1. The number of carbonyl (C=O) groups is 1. The minimum atomic E-state index is -0.214. The van der Waals surface area contributed by atoms with Crippen LogP contribution in [0.15, 0.2) is 51.1 Å². The first kappa shape index (κ1) is 18.3. The van der Waals surface area contributed by atoms with Crippen LogP contribution in [0, 0.1) is 0 Å². The van der Waals surface area contributed by atoms with E-state index in [1.807, 2.05) is 18.2 Å². The van der Waals surface area contributed by atoms with Crippen molar-refractivity contribution in [1.29, 1.82) is 0 Å². The molecule has 1 aromatic heterocycles. The van der Waals surface area contributed by atoms with Crippen molar-refractivity contribution in [3.8, 4) is 11.5 Å². The van der Waals surface area contributed by atoms with E-state index in [0.29, 0.717) is 17.1 Å². The van der Waals surface area contributed by atoms with Gasteiger partial charge in [-0.15, -0.1) is 0 Å². The summed E-state index contributed by atoms with van der Waals surface area (Å²) in [7, 11) is 3.13. The van der Waals surface area contributed by atoms with Crippen molar-refractivity contribution in [2.24, 2.45) is 5.10 Å². The van der Waals surface area contributed by atoms with Crippen LogP contribution in [0.1, 0.15) is 5.56 Å². The highest BCUT2D eigenvalue weighted by molar-refractivity contribution is 9.10. The molecule has 1 heterocycles. The summed E-state index contributed by atoms with van der Waals surface area (Å²) < 4.78 is 11.3. The van der Waals surface area contributed by atoms with Crippen LogP contribution in [0.3, 0.4) is 0 Å². The van der Waals surface area contributed by atoms with Gasteiger partial charge in [-0.05, 0) is 34.1 Å². The minimum Gasteiger partial charge on any atom is -0.496 e. The number of hydrazone groups is 1. The third-order valence-corrected chi connectivity index (χ3v) is 4.45. The van der Waals surface area contributed by atoms with Crippen molar-refractivity contribution in [1.82, 2.24) is 10.4 Å². The average molecular weight is 410 g/mol. The zero-order valence-electron chi connectivity index (χ0n) is 13.2. The van der Waals surface area contributed by atoms with Crippen LogP contribution in [0.2, 0.25) is 0 Å². The molecule has 0 unspecified atom stereocenters. The molecule has 0 saturated carbocycles. The van der Waals surface area contributed by atoms with Crippen LogP contribution < -0.4 is 14.9 Å². The fourth-order valence-electron chi connectivity index (χ4n) is 1.76. The quantitative estimate of drug-likeness (QED) is 0.432. The van der Waals surface area contributed by atoms with Gasteiger partial charge in [0.1, 0.15) is 11.5 Å². The van der Waals surface area contributed by atoms with E-state index in [-0.39, 0.29) is 11.7 Å². The van der Waals surface area contributed by atoms with Gasteiger partial charge in [0.05, 0.1) is 35.7 Å². The number of hydrogen-bond donors (Lipinski definition) is 1. The molecule has 0 fully saturated rings. The van der Waals surface area contributed by atoms with E-state index in [4.69, 9.17) is 9.47 Å². The highest BCUT2D eigenvalue weighted by Gasteiger charge is 2.08. The molecule has 24 heavy (non-hydrogen) atoms. The Morgan fingerprint density at radius 2 is 2.12 bits per heavy atom. The molecule has 0 saturated heterocycles. The molecule has 0 bridgehead atoms. The first-order chi connectivity index (χ1) is 11.6. The van der Waals surface area contributed by atoms with Gasteiger partial charge >= 0.3 is 0 Å². The highest BCUT2D eigenvalue weighted by atomic mass is 79.9.